The molecule has 1 amide bonds. The van der Waals surface area contributed by atoms with E-state index in [0.29, 0.717) is 30.1 Å². The maximum absolute atomic E-state index is 13.0. The third-order valence-corrected chi connectivity index (χ3v) is 7.49. The highest BCUT2D eigenvalue weighted by molar-refractivity contribution is 9.10. The summed E-state index contributed by atoms with van der Waals surface area (Å²) in [4.78, 5) is 12.6. The van der Waals surface area contributed by atoms with E-state index in [1.807, 2.05) is 12.1 Å². The molecule has 9 heteroatoms. The average Bonchev–Trinajstić information content (AvgIpc) is 2.65. The summed E-state index contributed by atoms with van der Waals surface area (Å²) in [7, 11) is -3.83. The number of benzene rings is 2. The van der Waals surface area contributed by atoms with Crippen molar-refractivity contribution in [2.24, 2.45) is 5.92 Å². The zero-order valence-electron chi connectivity index (χ0n) is 14.2. The number of amides is 1. The van der Waals surface area contributed by atoms with Crippen molar-refractivity contribution in [1.82, 2.24) is 4.31 Å². The summed E-state index contributed by atoms with van der Waals surface area (Å²) in [6.07, 6.45) is 1.22. The monoisotopic (exact) mass is 490 g/mol. The second-order valence-corrected chi connectivity index (χ2v) is 9.94. The fraction of sp³-hybridized carbons (Fsp3) is 0.278. The lowest BCUT2D eigenvalue weighted by atomic mass is 9.99. The van der Waals surface area contributed by atoms with Crippen LogP contribution in [-0.2, 0) is 14.8 Å². The van der Waals surface area contributed by atoms with Gasteiger partial charge in [0.15, 0.2) is 0 Å². The molecule has 144 valence electrons. The van der Waals surface area contributed by atoms with Gasteiger partial charge in [-0.05, 0) is 55.3 Å². The molecule has 0 unspecified atom stereocenters. The smallest absolute Gasteiger partial charge is 0.244 e. The first-order valence-electron chi connectivity index (χ1n) is 8.29. The molecule has 1 atom stereocenters. The quantitative estimate of drug-likeness (QED) is 0.668. The molecule has 2 aromatic rings. The molecule has 1 saturated heterocycles. The van der Waals surface area contributed by atoms with Crippen molar-refractivity contribution in [1.29, 1.82) is 0 Å². The van der Waals surface area contributed by atoms with Crippen LogP contribution in [0.15, 0.2) is 51.8 Å². The van der Waals surface area contributed by atoms with E-state index in [2.05, 4.69) is 21.2 Å². The van der Waals surface area contributed by atoms with E-state index in [1.165, 1.54) is 22.5 Å². The highest BCUT2D eigenvalue weighted by atomic mass is 79.9. The second kappa shape index (κ2) is 8.49. The Labute approximate surface area is 176 Å². The number of rotatable bonds is 4. The van der Waals surface area contributed by atoms with Crippen LogP contribution in [0.1, 0.15) is 12.8 Å². The third kappa shape index (κ3) is 4.84. The molecule has 0 aromatic heterocycles. The molecule has 0 spiro atoms. The zero-order chi connectivity index (χ0) is 19.6. The minimum Gasteiger partial charge on any atom is -0.326 e. The minimum absolute atomic E-state index is 0.0364. The summed E-state index contributed by atoms with van der Waals surface area (Å²) < 4.78 is 28.2. The average molecular weight is 492 g/mol. The molecule has 0 radical (unpaired) electrons. The van der Waals surface area contributed by atoms with Crippen molar-refractivity contribution in [2.75, 3.05) is 18.4 Å². The Bertz CT molecular complexity index is 952. The third-order valence-electron chi connectivity index (χ3n) is 4.38. The lowest BCUT2D eigenvalue weighted by Gasteiger charge is -2.31. The van der Waals surface area contributed by atoms with E-state index in [4.69, 9.17) is 23.2 Å². The van der Waals surface area contributed by atoms with Gasteiger partial charge in [0.2, 0.25) is 15.9 Å². The van der Waals surface area contributed by atoms with Gasteiger partial charge in [0, 0.05) is 28.3 Å². The lowest BCUT2D eigenvalue weighted by Crippen LogP contribution is -2.43. The predicted molar refractivity (Wildman–Crippen MR) is 111 cm³/mol. The van der Waals surface area contributed by atoms with E-state index in [-0.39, 0.29) is 22.4 Å². The normalized spacial score (nSPS) is 18.3. The van der Waals surface area contributed by atoms with Crippen molar-refractivity contribution >= 4 is 60.7 Å². The first kappa shape index (κ1) is 20.6. The highest BCUT2D eigenvalue weighted by Crippen LogP contribution is 2.30. The number of sulfonamides is 1. The van der Waals surface area contributed by atoms with Crippen LogP contribution in [0.4, 0.5) is 5.69 Å². The van der Waals surface area contributed by atoms with Gasteiger partial charge in [0.25, 0.3) is 0 Å². The molecule has 1 fully saturated rings. The lowest BCUT2D eigenvalue weighted by molar-refractivity contribution is -0.120. The van der Waals surface area contributed by atoms with Gasteiger partial charge in [-0.3, -0.25) is 4.79 Å². The number of piperidine rings is 1. The fourth-order valence-corrected chi connectivity index (χ4v) is 5.49. The largest absolute Gasteiger partial charge is 0.326 e. The Morgan fingerprint density at radius 3 is 2.56 bits per heavy atom. The van der Waals surface area contributed by atoms with Crippen LogP contribution in [0.25, 0.3) is 0 Å². The molecule has 0 aliphatic carbocycles. The Morgan fingerprint density at radius 1 is 1.15 bits per heavy atom. The molecule has 0 bridgehead atoms. The van der Waals surface area contributed by atoms with Gasteiger partial charge in [-0.1, -0.05) is 39.1 Å². The molecule has 1 heterocycles. The Morgan fingerprint density at radius 2 is 1.85 bits per heavy atom. The van der Waals surface area contributed by atoms with E-state index < -0.39 is 15.9 Å². The van der Waals surface area contributed by atoms with Crippen LogP contribution in [0.2, 0.25) is 10.0 Å². The standard InChI is InChI=1S/C18H17BrCl2N2O3S/c19-13-3-6-15(7-4-13)22-18(24)12-2-1-9-23(11-12)27(25,26)17-10-14(20)5-8-16(17)21/h3-8,10,12H,1-2,9,11H2,(H,22,24)/t12-/m1/s1. The minimum atomic E-state index is -3.83. The number of carbonyl (C=O) groups excluding carboxylic acids is 1. The van der Waals surface area contributed by atoms with Crippen LogP contribution < -0.4 is 5.32 Å². The summed E-state index contributed by atoms with van der Waals surface area (Å²) in [6.45, 7) is 0.445. The SMILES string of the molecule is O=C(Nc1ccc(Br)cc1)[C@@H]1CCCN(S(=O)(=O)c2cc(Cl)ccc2Cl)C1. The molecular weight excluding hydrogens is 475 g/mol. The summed E-state index contributed by atoms with van der Waals surface area (Å²) >= 11 is 15.3. The molecule has 3 rings (SSSR count). The Balaban J connectivity index is 1.76. The topological polar surface area (TPSA) is 66.5 Å². The van der Waals surface area contributed by atoms with E-state index in [1.54, 1.807) is 12.1 Å². The Kier molecular flexibility index (Phi) is 6.48. The molecule has 1 aliphatic rings. The number of hydrogen-bond acceptors (Lipinski definition) is 3. The number of hydrogen-bond donors (Lipinski definition) is 1. The summed E-state index contributed by atoms with van der Waals surface area (Å²) in [6, 6.07) is 11.6. The van der Waals surface area contributed by atoms with Gasteiger partial charge in [0.1, 0.15) is 4.90 Å². The maximum Gasteiger partial charge on any atom is 0.244 e. The van der Waals surface area contributed by atoms with Gasteiger partial charge < -0.3 is 5.32 Å². The number of halogens is 3. The first-order chi connectivity index (χ1) is 12.8. The molecule has 2 aromatic carbocycles. The number of anilines is 1. The molecule has 1 aliphatic heterocycles. The first-order valence-corrected chi connectivity index (χ1v) is 11.3. The van der Waals surface area contributed by atoms with Crippen LogP contribution in [0.3, 0.4) is 0 Å². The molecule has 0 saturated carbocycles. The van der Waals surface area contributed by atoms with Crippen molar-refractivity contribution in [3.05, 3.63) is 57.0 Å². The fourth-order valence-electron chi connectivity index (χ4n) is 2.97. The van der Waals surface area contributed by atoms with Crippen LogP contribution >= 0.6 is 39.1 Å². The van der Waals surface area contributed by atoms with E-state index in [9.17, 15) is 13.2 Å². The van der Waals surface area contributed by atoms with Crippen LogP contribution in [0.5, 0.6) is 0 Å². The van der Waals surface area contributed by atoms with E-state index in [0.717, 1.165) is 4.47 Å². The van der Waals surface area contributed by atoms with Gasteiger partial charge >= 0.3 is 0 Å². The van der Waals surface area contributed by atoms with Crippen molar-refractivity contribution in [2.45, 2.75) is 17.7 Å². The van der Waals surface area contributed by atoms with Gasteiger partial charge in [-0.15, -0.1) is 0 Å². The van der Waals surface area contributed by atoms with Gasteiger partial charge in [-0.2, -0.15) is 4.31 Å². The highest BCUT2D eigenvalue weighted by Gasteiger charge is 2.34. The van der Waals surface area contributed by atoms with E-state index >= 15 is 0 Å². The number of nitrogens with zero attached hydrogens (tertiary/aromatic N) is 1. The number of carbonyl (C=O) groups is 1. The molecule has 27 heavy (non-hydrogen) atoms. The number of nitrogens with one attached hydrogen (secondary N) is 1. The summed E-state index contributed by atoms with van der Waals surface area (Å²) in [5.41, 5.74) is 0.668. The van der Waals surface area contributed by atoms with Crippen molar-refractivity contribution in [3.63, 3.8) is 0 Å². The van der Waals surface area contributed by atoms with Gasteiger partial charge in [-0.25, -0.2) is 8.42 Å². The van der Waals surface area contributed by atoms with Gasteiger partial charge in [0.05, 0.1) is 10.9 Å². The molecule has 1 N–H and O–H groups in total. The second-order valence-electron chi connectivity index (χ2n) is 6.27. The van der Waals surface area contributed by atoms with Crippen LogP contribution in [-0.4, -0.2) is 31.7 Å². The van der Waals surface area contributed by atoms with Crippen molar-refractivity contribution in [3.8, 4) is 0 Å². The Hall–Kier alpha value is -1.12. The van der Waals surface area contributed by atoms with Crippen LogP contribution in [0, 0.1) is 5.92 Å². The molecular formula is C18H17BrCl2N2O3S. The summed E-state index contributed by atoms with van der Waals surface area (Å²) in [5, 5.41) is 3.25. The van der Waals surface area contributed by atoms with Crippen molar-refractivity contribution < 1.29 is 13.2 Å². The zero-order valence-corrected chi connectivity index (χ0v) is 18.1. The molecule has 5 nitrogen and oxygen atoms in total. The maximum atomic E-state index is 13.0. The summed E-state index contributed by atoms with van der Waals surface area (Å²) in [5.74, 6) is -0.635. The predicted octanol–water partition coefficient (Wildman–Crippen LogP) is 4.80.